The predicted molar refractivity (Wildman–Crippen MR) is 163 cm³/mol. The van der Waals surface area contributed by atoms with Crippen LogP contribution in [0.1, 0.15) is 16.7 Å². The summed E-state index contributed by atoms with van der Waals surface area (Å²) in [5, 5.41) is 16.0. The van der Waals surface area contributed by atoms with Crippen molar-refractivity contribution < 1.29 is 14.3 Å². The van der Waals surface area contributed by atoms with Crippen molar-refractivity contribution in [2.24, 2.45) is 0 Å². The third kappa shape index (κ3) is 5.91. The summed E-state index contributed by atoms with van der Waals surface area (Å²) in [7, 11) is 1.58. The Bertz CT molecular complexity index is 1730. The lowest BCUT2D eigenvalue weighted by Gasteiger charge is -2.15. The Morgan fingerprint density at radius 1 is 1.03 bits per heavy atom. The first-order valence-corrected chi connectivity index (χ1v) is 13.6. The molecule has 0 aliphatic heterocycles. The SMILES string of the molecule is COc1cc(/C=C(/C#N)C(=O)NCCc2c[nH]c3ccccc23)cc(I)c1OCc1cccc2ccccc12. The van der Waals surface area contributed by atoms with Crippen LogP contribution < -0.4 is 14.8 Å². The fraction of sp³-hybridized carbons (Fsp3) is 0.125. The number of para-hydroxylation sites is 1. The molecule has 194 valence electrons. The van der Waals surface area contributed by atoms with Crippen molar-refractivity contribution in [1.82, 2.24) is 10.3 Å². The molecular formula is C32H26IN3O3. The Labute approximate surface area is 240 Å². The number of fused-ring (bicyclic) bond motifs is 2. The number of aromatic nitrogens is 1. The van der Waals surface area contributed by atoms with Gasteiger partial charge in [-0.1, -0.05) is 60.7 Å². The summed E-state index contributed by atoms with van der Waals surface area (Å²) in [6, 6.07) is 28.1. The summed E-state index contributed by atoms with van der Waals surface area (Å²) in [4.78, 5) is 16.0. The molecule has 7 heteroatoms. The normalized spacial score (nSPS) is 11.4. The monoisotopic (exact) mass is 627 g/mol. The van der Waals surface area contributed by atoms with Crippen LogP contribution in [0.25, 0.3) is 27.8 Å². The largest absolute Gasteiger partial charge is 0.493 e. The highest BCUT2D eigenvalue weighted by Gasteiger charge is 2.15. The second-order valence-corrected chi connectivity index (χ2v) is 10.2. The molecule has 1 aromatic heterocycles. The van der Waals surface area contributed by atoms with Crippen LogP contribution in [0.15, 0.2) is 90.6 Å². The number of methoxy groups -OCH3 is 1. The van der Waals surface area contributed by atoms with Crippen LogP contribution in [0.2, 0.25) is 0 Å². The fourth-order valence-corrected chi connectivity index (χ4v) is 5.37. The molecule has 0 atom stereocenters. The van der Waals surface area contributed by atoms with E-state index >= 15 is 0 Å². The molecule has 1 amide bonds. The molecule has 0 aliphatic rings. The summed E-state index contributed by atoms with van der Waals surface area (Å²) < 4.78 is 12.6. The zero-order chi connectivity index (χ0) is 27.2. The first-order chi connectivity index (χ1) is 19.1. The van der Waals surface area contributed by atoms with Crippen molar-refractivity contribution >= 4 is 56.2 Å². The number of benzene rings is 4. The smallest absolute Gasteiger partial charge is 0.261 e. The van der Waals surface area contributed by atoms with Gasteiger partial charge in [-0.05, 0) is 80.7 Å². The summed E-state index contributed by atoms with van der Waals surface area (Å²) in [6.07, 6.45) is 4.18. The molecular weight excluding hydrogens is 601 g/mol. The lowest BCUT2D eigenvalue weighted by molar-refractivity contribution is -0.117. The van der Waals surface area contributed by atoms with Gasteiger partial charge in [0.05, 0.1) is 10.7 Å². The first-order valence-electron chi connectivity index (χ1n) is 12.5. The standard InChI is InChI=1S/C32H26IN3O3/c1-38-30-17-21(16-28(33)31(30)39-20-24-9-6-8-22-7-2-3-10-26(22)24)15-25(18-34)32(37)35-14-13-23-19-36-29-12-5-4-11-27(23)29/h2-12,15-17,19,36H,13-14,20H2,1H3,(H,35,37)/b25-15-. The number of nitrogens with one attached hydrogen (secondary N) is 2. The van der Waals surface area contributed by atoms with Crippen LogP contribution in [0, 0.1) is 14.9 Å². The molecule has 5 rings (SSSR count). The molecule has 0 fully saturated rings. The second kappa shape index (κ2) is 12.0. The molecule has 0 radical (unpaired) electrons. The number of hydrogen-bond acceptors (Lipinski definition) is 4. The molecule has 0 unspecified atom stereocenters. The third-order valence-corrected chi connectivity index (χ3v) is 7.34. The van der Waals surface area contributed by atoms with Gasteiger partial charge in [0.2, 0.25) is 0 Å². The van der Waals surface area contributed by atoms with Crippen LogP contribution in [0.3, 0.4) is 0 Å². The van der Waals surface area contributed by atoms with E-state index < -0.39 is 5.91 Å². The zero-order valence-electron chi connectivity index (χ0n) is 21.3. The fourth-order valence-electron chi connectivity index (χ4n) is 4.59. The minimum atomic E-state index is -0.414. The average Bonchev–Trinajstić information content (AvgIpc) is 3.38. The van der Waals surface area contributed by atoms with Gasteiger partial charge in [0, 0.05) is 23.6 Å². The number of ether oxygens (including phenoxy) is 2. The minimum absolute atomic E-state index is 0.0243. The van der Waals surface area contributed by atoms with Gasteiger partial charge >= 0.3 is 0 Å². The zero-order valence-corrected chi connectivity index (χ0v) is 23.5. The highest BCUT2D eigenvalue weighted by atomic mass is 127. The van der Waals surface area contributed by atoms with Gasteiger partial charge in [0.25, 0.3) is 5.91 Å². The number of H-pyrrole nitrogens is 1. The van der Waals surface area contributed by atoms with E-state index in [9.17, 15) is 10.1 Å². The highest BCUT2D eigenvalue weighted by molar-refractivity contribution is 14.1. The Kier molecular flexibility index (Phi) is 8.13. The number of amides is 1. The lowest BCUT2D eigenvalue weighted by atomic mass is 10.1. The molecule has 6 nitrogen and oxygen atoms in total. The summed E-state index contributed by atoms with van der Waals surface area (Å²) in [5.41, 5.74) is 3.95. The van der Waals surface area contributed by atoms with Crippen LogP contribution in [0.4, 0.5) is 0 Å². The van der Waals surface area contributed by atoms with Crippen molar-refractivity contribution in [2.75, 3.05) is 13.7 Å². The van der Waals surface area contributed by atoms with Gasteiger partial charge in [-0.3, -0.25) is 4.79 Å². The summed E-state index contributed by atoms with van der Waals surface area (Å²) in [6.45, 7) is 0.798. The maximum absolute atomic E-state index is 12.8. The van der Waals surface area contributed by atoms with E-state index in [0.29, 0.717) is 36.6 Å². The van der Waals surface area contributed by atoms with Crippen LogP contribution >= 0.6 is 22.6 Å². The number of nitrogens with zero attached hydrogens (tertiary/aromatic N) is 1. The quantitative estimate of drug-likeness (QED) is 0.107. The van der Waals surface area contributed by atoms with Crippen molar-refractivity contribution in [2.45, 2.75) is 13.0 Å². The molecule has 4 aromatic carbocycles. The van der Waals surface area contributed by atoms with E-state index in [-0.39, 0.29) is 5.57 Å². The van der Waals surface area contributed by atoms with Crippen LogP contribution in [-0.2, 0) is 17.8 Å². The summed E-state index contributed by atoms with van der Waals surface area (Å²) in [5.74, 6) is 0.734. The average molecular weight is 627 g/mol. The number of rotatable bonds is 9. The first kappa shape index (κ1) is 26.3. The highest BCUT2D eigenvalue weighted by Crippen LogP contribution is 2.35. The Morgan fingerprint density at radius 3 is 2.62 bits per heavy atom. The molecule has 39 heavy (non-hydrogen) atoms. The van der Waals surface area contributed by atoms with Crippen molar-refractivity contribution in [3.05, 3.63) is 111 Å². The number of halogens is 1. The number of carbonyl (C=O) groups is 1. The number of nitriles is 1. The van der Waals surface area contributed by atoms with E-state index in [0.717, 1.165) is 36.4 Å². The topological polar surface area (TPSA) is 87.1 Å². The molecule has 0 spiro atoms. The number of hydrogen-bond donors (Lipinski definition) is 2. The van der Waals surface area contributed by atoms with Crippen molar-refractivity contribution in [3.8, 4) is 17.6 Å². The van der Waals surface area contributed by atoms with E-state index in [4.69, 9.17) is 9.47 Å². The lowest BCUT2D eigenvalue weighted by Crippen LogP contribution is -2.26. The van der Waals surface area contributed by atoms with Gasteiger partial charge in [-0.25, -0.2) is 0 Å². The van der Waals surface area contributed by atoms with E-state index in [1.807, 2.05) is 60.8 Å². The number of aromatic amines is 1. The van der Waals surface area contributed by atoms with Crippen molar-refractivity contribution in [3.63, 3.8) is 0 Å². The Morgan fingerprint density at radius 2 is 1.79 bits per heavy atom. The Hall–Kier alpha value is -4.29. The van der Waals surface area contributed by atoms with Gasteiger partial charge < -0.3 is 19.8 Å². The third-order valence-electron chi connectivity index (χ3n) is 6.53. The van der Waals surface area contributed by atoms with Gasteiger partial charge in [-0.2, -0.15) is 5.26 Å². The maximum Gasteiger partial charge on any atom is 0.261 e. The van der Waals surface area contributed by atoms with E-state index in [1.54, 1.807) is 19.3 Å². The Balaban J connectivity index is 1.28. The summed E-state index contributed by atoms with van der Waals surface area (Å²) >= 11 is 2.19. The van der Waals surface area contributed by atoms with Crippen LogP contribution in [0.5, 0.6) is 11.5 Å². The minimum Gasteiger partial charge on any atom is -0.493 e. The molecule has 5 aromatic rings. The van der Waals surface area contributed by atoms with Crippen LogP contribution in [-0.4, -0.2) is 24.5 Å². The van der Waals surface area contributed by atoms with E-state index in [1.165, 1.54) is 0 Å². The molecule has 0 aliphatic carbocycles. The van der Waals surface area contributed by atoms with Gasteiger partial charge in [0.1, 0.15) is 18.2 Å². The van der Waals surface area contributed by atoms with Gasteiger partial charge in [-0.15, -0.1) is 0 Å². The van der Waals surface area contributed by atoms with Crippen molar-refractivity contribution in [1.29, 1.82) is 5.26 Å². The number of carbonyl (C=O) groups excluding carboxylic acids is 1. The maximum atomic E-state index is 12.8. The predicted octanol–water partition coefficient (Wildman–Crippen LogP) is 6.78. The van der Waals surface area contributed by atoms with Gasteiger partial charge in [0.15, 0.2) is 11.5 Å². The second-order valence-electron chi connectivity index (χ2n) is 9.00. The molecule has 2 N–H and O–H groups in total. The van der Waals surface area contributed by atoms with E-state index in [2.05, 4.69) is 57.2 Å². The molecule has 0 bridgehead atoms. The molecule has 1 heterocycles. The molecule has 0 saturated heterocycles. The molecule has 0 saturated carbocycles.